The first kappa shape index (κ1) is 12.9. The molecule has 0 aliphatic carbocycles. The highest BCUT2D eigenvalue weighted by atomic mass is 35.5. The fraction of sp³-hybridized carbons (Fsp3) is 0.143. The zero-order chi connectivity index (χ0) is 13.1. The molecule has 0 saturated carbocycles. The minimum absolute atomic E-state index is 0.259. The van der Waals surface area contributed by atoms with Gasteiger partial charge < -0.3 is 10.6 Å². The normalized spacial score (nSPS) is 10.4. The molecule has 0 atom stereocenters. The molecule has 2 aromatic rings. The number of anilines is 2. The van der Waals surface area contributed by atoms with Gasteiger partial charge in [0, 0.05) is 19.3 Å². The van der Waals surface area contributed by atoms with Gasteiger partial charge in [-0.15, -0.1) is 0 Å². The van der Waals surface area contributed by atoms with Crippen LogP contribution in [0.2, 0.25) is 5.02 Å². The fourth-order valence-electron chi connectivity index (χ4n) is 1.89. The Kier molecular flexibility index (Phi) is 3.84. The van der Waals surface area contributed by atoms with Crippen LogP contribution in [-0.2, 0) is 6.54 Å². The van der Waals surface area contributed by atoms with Gasteiger partial charge >= 0.3 is 0 Å². The van der Waals surface area contributed by atoms with Gasteiger partial charge in [0.2, 0.25) is 0 Å². The summed E-state index contributed by atoms with van der Waals surface area (Å²) in [4.78, 5) is 1.91. The van der Waals surface area contributed by atoms with Gasteiger partial charge in [0.25, 0.3) is 0 Å². The van der Waals surface area contributed by atoms with Crippen molar-refractivity contribution in [1.82, 2.24) is 0 Å². The van der Waals surface area contributed by atoms with E-state index in [-0.39, 0.29) is 5.82 Å². The van der Waals surface area contributed by atoms with E-state index in [4.69, 9.17) is 17.3 Å². The van der Waals surface area contributed by atoms with Crippen molar-refractivity contribution >= 4 is 23.0 Å². The Bertz CT molecular complexity index is 540. The highest BCUT2D eigenvalue weighted by molar-refractivity contribution is 6.33. The zero-order valence-corrected chi connectivity index (χ0v) is 10.8. The van der Waals surface area contributed by atoms with Crippen molar-refractivity contribution in [3.63, 3.8) is 0 Å². The molecule has 0 heterocycles. The van der Waals surface area contributed by atoms with E-state index < -0.39 is 0 Å². The largest absolute Gasteiger partial charge is 0.343 e. The number of hydrogen-bond donors (Lipinski definition) is 1. The maximum absolute atomic E-state index is 12.9. The van der Waals surface area contributed by atoms with Gasteiger partial charge in [-0.3, -0.25) is 0 Å². The lowest BCUT2D eigenvalue weighted by molar-refractivity contribution is 0.628. The molecule has 0 saturated heterocycles. The van der Waals surface area contributed by atoms with Crippen LogP contribution in [0.25, 0.3) is 0 Å². The fourth-order valence-corrected chi connectivity index (χ4v) is 2.22. The van der Waals surface area contributed by atoms with Crippen LogP contribution in [0.1, 0.15) is 5.56 Å². The Morgan fingerprint density at radius 3 is 2.44 bits per heavy atom. The summed E-state index contributed by atoms with van der Waals surface area (Å²) in [6.45, 7) is 0.404. The number of benzene rings is 2. The molecule has 0 aromatic heterocycles. The predicted molar refractivity (Wildman–Crippen MR) is 73.8 cm³/mol. The Balaban J connectivity index is 2.45. The molecular weight excluding hydrogens is 251 g/mol. The number of nitrogens with two attached hydrogens (primary N) is 1. The van der Waals surface area contributed by atoms with E-state index in [1.807, 2.05) is 30.1 Å². The van der Waals surface area contributed by atoms with Gasteiger partial charge in [-0.25, -0.2) is 4.39 Å². The van der Waals surface area contributed by atoms with Crippen LogP contribution < -0.4 is 10.6 Å². The molecule has 2 rings (SSSR count). The Hall–Kier alpha value is -1.58. The summed E-state index contributed by atoms with van der Waals surface area (Å²) in [6, 6.07) is 11.9. The third-order valence-electron chi connectivity index (χ3n) is 2.84. The van der Waals surface area contributed by atoms with Gasteiger partial charge in [-0.05, 0) is 35.9 Å². The Labute approximate surface area is 111 Å². The number of halogens is 2. The van der Waals surface area contributed by atoms with Crippen LogP contribution in [0, 0.1) is 5.82 Å². The van der Waals surface area contributed by atoms with Crippen LogP contribution in [0.4, 0.5) is 15.8 Å². The SMILES string of the molecule is CN(c1ccc(F)cc1)c1c(Cl)cccc1CN. The molecule has 94 valence electrons. The minimum Gasteiger partial charge on any atom is -0.343 e. The summed E-state index contributed by atoms with van der Waals surface area (Å²) < 4.78 is 12.9. The van der Waals surface area contributed by atoms with Crippen molar-refractivity contribution in [3.05, 3.63) is 58.9 Å². The van der Waals surface area contributed by atoms with Crippen LogP contribution in [0.3, 0.4) is 0 Å². The molecule has 2 N–H and O–H groups in total. The molecule has 2 nitrogen and oxygen atoms in total. The van der Waals surface area contributed by atoms with Gasteiger partial charge in [0.1, 0.15) is 5.82 Å². The highest BCUT2D eigenvalue weighted by Crippen LogP contribution is 2.33. The average molecular weight is 265 g/mol. The lowest BCUT2D eigenvalue weighted by Crippen LogP contribution is -2.14. The van der Waals surface area contributed by atoms with Crippen LogP contribution >= 0.6 is 11.6 Å². The molecule has 0 bridgehead atoms. The molecular formula is C14H14ClFN2. The first-order valence-electron chi connectivity index (χ1n) is 5.60. The number of rotatable bonds is 3. The van der Waals surface area contributed by atoms with Crippen molar-refractivity contribution in [2.45, 2.75) is 6.54 Å². The molecule has 0 amide bonds. The van der Waals surface area contributed by atoms with Crippen molar-refractivity contribution < 1.29 is 4.39 Å². The number of hydrogen-bond acceptors (Lipinski definition) is 2. The van der Waals surface area contributed by atoms with Crippen LogP contribution in [0.15, 0.2) is 42.5 Å². The molecule has 2 aromatic carbocycles. The maximum Gasteiger partial charge on any atom is 0.123 e. The first-order valence-corrected chi connectivity index (χ1v) is 5.98. The van der Waals surface area contributed by atoms with Crippen molar-refractivity contribution in [2.24, 2.45) is 5.73 Å². The van der Waals surface area contributed by atoms with E-state index in [0.717, 1.165) is 16.9 Å². The summed E-state index contributed by atoms with van der Waals surface area (Å²) in [5.41, 5.74) is 8.38. The predicted octanol–water partition coefficient (Wildman–Crippen LogP) is 3.71. The van der Waals surface area contributed by atoms with Crippen molar-refractivity contribution in [3.8, 4) is 0 Å². The van der Waals surface area contributed by atoms with E-state index in [9.17, 15) is 4.39 Å². The van der Waals surface area contributed by atoms with Crippen LogP contribution in [0.5, 0.6) is 0 Å². The third kappa shape index (κ3) is 2.47. The summed E-state index contributed by atoms with van der Waals surface area (Å²) in [6.07, 6.45) is 0. The summed E-state index contributed by atoms with van der Waals surface area (Å²) in [5, 5.41) is 0.629. The quantitative estimate of drug-likeness (QED) is 0.916. The Morgan fingerprint density at radius 1 is 1.17 bits per heavy atom. The average Bonchev–Trinajstić information content (AvgIpc) is 2.38. The summed E-state index contributed by atoms with van der Waals surface area (Å²) in [5.74, 6) is -0.259. The lowest BCUT2D eigenvalue weighted by Gasteiger charge is -2.23. The standard InChI is InChI=1S/C14H14ClFN2/c1-18(12-7-5-11(16)6-8-12)14-10(9-17)3-2-4-13(14)15/h2-8H,9,17H2,1H3. The van der Waals surface area contributed by atoms with Gasteiger partial charge in [0.05, 0.1) is 10.7 Å². The maximum atomic E-state index is 12.9. The first-order chi connectivity index (χ1) is 8.63. The molecule has 0 aliphatic heterocycles. The minimum atomic E-state index is -0.259. The number of para-hydroxylation sites is 1. The van der Waals surface area contributed by atoms with E-state index in [1.165, 1.54) is 12.1 Å². The monoisotopic (exact) mass is 264 g/mol. The van der Waals surface area contributed by atoms with Crippen molar-refractivity contribution in [2.75, 3.05) is 11.9 Å². The van der Waals surface area contributed by atoms with Crippen molar-refractivity contribution in [1.29, 1.82) is 0 Å². The topological polar surface area (TPSA) is 29.3 Å². The number of nitrogens with zero attached hydrogens (tertiary/aromatic N) is 1. The van der Waals surface area contributed by atoms with E-state index >= 15 is 0 Å². The van der Waals surface area contributed by atoms with E-state index in [2.05, 4.69) is 0 Å². The van der Waals surface area contributed by atoms with E-state index in [0.29, 0.717) is 11.6 Å². The molecule has 0 radical (unpaired) electrons. The molecule has 0 aliphatic rings. The third-order valence-corrected chi connectivity index (χ3v) is 3.14. The summed E-state index contributed by atoms with van der Waals surface area (Å²) in [7, 11) is 1.88. The van der Waals surface area contributed by atoms with Gasteiger partial charge in [-0.1, -0.05) is 23.7 Å². The smallest absolute Gasteiger partial charge is 0.123 e. The molecule has 4 heteroatoms. The molecule has 0 fully saturated rings. The zero-order valence-electron chi connectivity index (χ0n) is 10.0. The second-order valence-corrected chi connectivity index (χ2v) is 4.39. The summed E-state index contributed by atoms with van der Waals surface area (Å²) >= 11 is 6.21. The molecule has 0 spiro atoms. The van der Waals surface area contributed by atoms with Gasteiger partial charge in [0.15, 0.2) is 0 Å². The van der Waals surface area contributed by atoms with Gasteiger partial charge in [-0.2, -0.15) is 0 Å². The second kappa shape index (κ2) is 5.38. The van der Waals surface area contributed by atoms with E-state index in [1.54, 1.807) is 12.1 Å². The second-order valence-electron chi connectivity index (χ2n) is 3.99. The Morgan fingerprint density at radius 2 is 1.83 bits per heavy atom. The van der Waals surface area contributed by atoms with Crippen LogP contribution in [-0.4, -0.2) is 7.05 Å². The molecule has 18 heavy (non-hydrogen) atoms. The highest BCUT2D eigenvalue weighted by Gasteiger charge is 2.12. The molecule has 0 unspecified atom stereocenters. The lowest BCUT2D eigenvalue weighted by atomic mass is 10.1.